The molecule has 0 aliphatic carbocycles. The third kappa shape index (κ3) is 3.14. The molecule has 0 heterocycles. The molecule has 90 valence electrons. The summed E-state index contributed by atoms with van der Waals surface area (Å²) in [6.45, 7) is 6.66. The third-order valence-electron chi connectivity index (χ3n) is 2.45. The Bertz CT molecular complexity index is 337. The molecule has 0 fully saturated rings. The van der Waals surface area contributed by atoms with Gasteiger partial charge >= 0.3 is 0 Å². The summed E-state index contributed by atoms with van der Waals surface area (Å²) in [6.07, 6.45) is 0.850. The van der Waals surface area contributed by atoms with Gasteiger partial charge in [0.15, 0.2) is 11.5 Å². The van der Waals surface area contributed by atoms with Crippen LogP contribution in [0.3, 0.4) is 0 Å². The Hall–Kier alpha value is -1.22. The summed E-state index contributed by atoms with van der Waals surface area (Å²) in [4.78, 5) is 0. The first-order valence-corrected chi connectivity index (χ1v) is 5.76. The molecular weight excluding hydrogens is 202 g/mol. The molecule has 0 saturated carbocycles. The van der Waals surface area contributed by atoms with Crippen LogP contribution in [0.25, 0.3) is 0 Å². The number of phenols is 1. The van der Waals surface area contributed by atoms with E-state index in [4.69, 9.17) is 10.5 Å². The normalized spacial score (nSPS) is 12.8. The van der Waals surface area contributed by atoms with Crippen LogP contribution in [0.1, 0.15) is 38.8 Å². The minimum atomic E-state index is -0.139. The highest BCUT2D eigenvalue weighted by Crippen LogP contribution is 2.34. The maximum absolute atomic E-state index is 10.00. The Morgan fingerprint density at radius 3 is 2.62 bits per heavy atom. The van der Waals surface area contributed by atoms with Crippen LogP contribution in [-0.4, -0.2) is 11.7 Å². The van der Waals surface area contributed by atoms with Gasteiger partial charge in [-0.05, 0) is 25.3 Å². The van der Waals surface area contributed by atoms with Crippen molar-refractivity contribution in [1.29, 1.82) is 0 Å². The smallest absolute Gasteiger partial charge is 0.162 e. The van der Waals surface area contributed by atoms with Crippen LogP contribution in [0.2, 0.25) is 0 Å². The Kier molecular flexibility index (Phi) is 4.62. The van der Waals surface area contributed by atoms with Crippen LogP contribution < -0.4 is 10.5 Å². The van der Waals surface area contributed by atoms with Gasteiger partial charge in [-0.25, -0.2) is 0 Å². The van der Waals surface area contributed by atoms with Gasteiger partial charge in [-0.1, -0.05) is 26.0 Å². The number of para-hydroxylation sites is 1. The van der Waals surface area contributed by atoms with Crippen molar-refractivity contribution in [3.05, 3.63) is 23.8 Å². The molecule has 0 aliphatic heterocycles. The summed E-state index contributed by atoms with van der Waals surface area (Å²) in [5.41, 5.74) is 6.81. The van der Waals surface area contributed by atoms with Gasteiger partial charge in [-0.15, -0.1) is 0 Å². The average molecular weight is 223 g/mol. The van der Waals surface area contributed by atoms with Crippen molar-refractivity contribution in [2.24, 2.45) is 11.7 Å². The van der Waals surface area contributed by atoms with E-state index < -0.39 is 0 Å². The van der Waals surface area contributed by atoms with Gasteiger partial charge in [0.1, 0.15) is 0 Å². The Morgan fingerprint density at radius 2 is 2.06 bits per heavy atom. The molecule has 0 bridgehead atoms. The van der Waals surface area contributed by atoms with Crippen LogP contribution in [-0.2, 0) is 0 Å². The van der Waals surface area contributed by atoms with Crippen LogP contribution in [0, 0.1) is 5.92 Å². The maximum Gasteiger partial charge on any atom is 0.162 e. The zero-order chi connectivity index (χ0) is 12.1. The van der Waals surface area contributed by atoms with Crippen LogP contribution in [0.4, 0.5) is 0 Å². The lowest BCUT2D eigenvalue weighted by atomic mass is 9.97. The second-order valence-corrected chi connectivity index (χ2v) is 4.36. The molecule has 0 unspecified atom stereocenters. The number of rotatable bonds is 5. The summed E-state index contributed by atoms with van der Waals surface area (Å²) < 4.78 is 5.33. The number of phenolic OH excluding ortho intramolecular Hbond substituents is 1. The first kappa shape index (κ1) is 12.8. The predicted octanol–water partition coefficient (Wildman–Crippen LogP) is 2.84. The summed E-state index contributed by atoms with van der Waals surface area (Å²) in [5, 5.41) is 10.00. The number of nitrogens with two attached hydrogens (primary N) is 1. The van der Waals surface area contributed by atoms with Crippen molar-refractivity contribution in [2.45, 2.75) is 33.2 Å². The fourth-order valence-electron chi connectivity index (χ4n) is 1.75. The van der Waals surface area contributed by atoms with Gasteiger partial charge in [0.25, 0.3) is 0 Å². The standard InChI is InChI=1S/C13H21NO2/c1-4-16-12-7-5-6-10(13(12)15)11(14)8-9(2)3/h5-7,9,11,15H,4,8,14H2,1-3H3/t11-/m0/s1. The molecule has 0 saturated heterocycles. The summed E-state index contributed by atoms with van der Waals surface area (Å²) in [5.74, 6) is 1.20. The van der Waals surface area contributed by atoms with Crippen LogP contribution in [0.15, 0.2) is 18.2 Å². The fourth-order valence-corrected chi connectivity index (χ4v) is 1.75. The Balaban J connectivity index is 2.91. The summed E-state index contributed by atoms with van der Waals surface area (Å²) in [7, 11) is 0. The molecule has 16 heavy (non-hydrogen) atoms. The van der Waals surface area contributed by atoms with E-state index in [9.17, 15) is 5.11 Å². The van der Waals surface area contributed by atoms with E-state index in [1.165, 1.54) is 0 Å². The monoisotopic (exact) mass is 223 g/mol. The highest BCUT2D eigenvalue weighted by atomic mass is 16.5. The molecule has 3 nitrogen and oxygen atoms in total. The van der Waals surface area contributed by atoms with E-state index in [-0.39, 0.29) is 11.8 Å². The third-order valence-corrected chi connectivity index (χ3v) is 2.45. The predicted molar refractivity (Wildman–Crippen MR) is 65.7 cm³/mol. The molecule has 1 aromatic carbocycles. The quantitative estimate of drug-likeness (QED) is 0.807. The molecule has 0 spiro atoms. The average Bonchev–Trinajstić information content (AvgIpc) is 2.20. The molecule has 1 atom stereocenters. The van der Waals surface area contributed by atoms with Crippen molar-refractivity contribution in [3.8, 4) is 11.5 Å². The first-order chi connectivity index (χ1) is 7.56. The highest BCUT2D eigenvalue weighted by Gasteiger charge is 2.15. The Morgan fingerprint density at radius 1 is 1.38 bits per heavy atom. The zero-order valence-electron chi connectivity index (χ0n) is 10.2. The first-order valence-electron chi connectivity index (χ1n) is 5.76. The van der Waals surface area contributed by atoms with Gasteiger partial charge in [0, 0.05) is 11.6 Å². The molecule has 0 amide bonds. The lowest BCUT2D eigenvalue weighted by Crippen LogP contribution is -2.13. The molecule has 0 radical (unpaired) electrons. The second kappa shape index (κ2) is 5.75. The lowest BCUT2D eigenvalue weighted by Gasteiger charge is -2.17. The summed E-state index contributed by atoms with van der Waals surface area (Å²) >= 11 is 0. The minimum absolute atomic E-state index is 0.139. The second-order valence-electron chi connectivity index (χ2n) is 4.36. The highest BCUT2D eigenvalue weighted by molar-refractivity contribution is 5.46. The summed E-state index contributed by atoms with van der Waals surface area (Å²) in [6, 6.07) is 5.33. The molecule has 1 aromatic rings. The number of aromatic hydroxyl groups is 1. The van der Waals surface area contributed by atoms with E-state index in [2.05, 4.69) is 13.8 Å². The molecule has 1 rings (SSSR count). The van der Waals surface area contributed by atoms with Crippen molar-refractivity contribution in [2.75, 3.05) is 6.61 Å². The van der Waals surface area contributed by atoms with Crippen LogP contribution in [0.5, 0.6) is 11.5 Å². The van der Waals surface area contributed by atoms with Crippen molar-refractivity contribution < 1.29 is 9.84 Å². The SMILES string of the molecule is CCOc1cccc([C@@H](N)CC(C)C)c1O. The number of ether oxygens (including phenoxy) is 1. The van der Waals surface area contributed by atoms with E-state index in [0.717, 1.165) is 12.0 Å². The largest absolute Gasteiger partial charge is 0.504 e. The van der Waals surface area contributed by atoms with E-state index in [0.29, 0.717) is 18.3 Å². The fraction of sp³-hybridized carbons (Fsp3) is 0.538. The van der Waals surface area contributed by atoms with Gasteiger partial charge in [0.05, 0.1) is 6.61 Å². The molecule has 3 N–H and O–H groups in total. The number of hydrogen-bond acceptors (Lipinski definition) is 3. The van der Waals surface area contributed by atoms with Gasteiger partial charge in [0.2, 0.25) is 0 Å². The number of benzene rings is 1. The van der Waals surface area contributed by atoms with Crippen LogP contribution >= 0.6 is 0 Å². The van der Waals surface area contributed by atoms with Crippen molar-refractivity contribution in [3.63, 3.8) is 0 Å². The molecular formula is C13H21NO2. The lowest BCUT2D eigenvalue weighted by molar-refractivity contribution is 0.315. The molecule has 3 heteroatoms. The number of hydrogen-bond donors (Lipinski definition) is 2. The maximum atomic E-state index is 10.00. The minimum Gasteiger partial charge on any atom is -0.504 e. The van der Waals surface area contributed by atoms with Gasteiger partial charge in [-0.2, -0.15) is 0 Å². The Labute approximate surface area is 97.2 Å². The van der Waals surface area contributed by atoms with Crippen molar-refractivity contribution in [1.82, 2.24) is 0 Å². The van der Waals surface area contributed by atoms with E-state index >= 15 is 0 Å². The van der Waals surface area contributed by atoms with Gasteiger partial charge < -0.3 is 15.6 Å². The zero-order valence-corrected chi connectivity index (χ0v) is 10.2. The van der Waals surface area contributed by atoms with E-state index in [1.807, 2.05) is 19.1 Å². The molecule has 0 aromatic heterocycles. The van der Waals surface area contributed by atoms with Gasteiger partial charge in [-0.3, -0.25) is 0 Å². The van der Waals surface area contributed by atoms with Crippen molar-refractivity contribution >= 4 is 0 Å². The molecule has 0 aliphatic rings. The van der Waals surface area contributed by atoms with E-state index in [1.54, 1.807) is 6.07 Å². The topological polar surface area (TPSA) is 55.5 Å².